The molecule has 1 aromatic carbocycles. The van der Waals surface area contributed by atoms with Gasteiger partial charge >= 0.3 is 0 Å². The zero-order valence-electron chi connectivity index (χ0n) is 14.6. The smallest absolute Gasteiger partial charge is 0.191 e. The molecular weight excluding hydrogens is 422 g/mol. The van der Waals surface area contributed by atoms with Crippen molar-refractivity contribution in [1.29, 1.82) is 0 Å². The minimum atomic E-state index is -0.260. The van der Waals surface area contributed by atoms with Crippen molar-refractivity contribution in [2.45, 2.75) is 31.9 Å². The van der Waals surface area contributed by atoms with E-state index in [1.165, 1.54) is 31.5 Å². The number of rotatable bonds is 6. The van der Waals surface area contributed by atoms with Crippen LogP contribution in [0.1, 0.15) is 19.8 Å². The minimum Gasteiger partial charge on any atom is -0.489 e. The topological polar surface area (TPSA) is 48.9 Å². The van der Waals surface area contributed by atoms with Crippen molar-refractivity contribution < 1.29 is 9.13 Å². The van der Waals surface area contributed by atoms with E-state index in [9.17, 15) is 4.39 Å². The van der Waals surface area contributed by atoms with Gasteiger partial charge in [0.2, 0.25) is 0 Å². The Morgan fingerprint density at radius 1 is 1.38 bits per heavy atom. The quantitative estimate of drug-likeness (QED) is 0.397. The van der Waals surface area contributed by atoms with Gasteiger partial charge in [0.15, 0.2) is 5.96 Å². The van der Waals surface area contributed by atoms with Crippen molar-refractivity contribution in [2.24, 2.45) is 4.99 Å². The van der Waals surface area contributed by atoms with Crippen molar-refractivity contribution in [2.75, 3.05) is 33.7 Å². The monoisotopic (exact) mass is 450 g/mol. The molecule has 0 saturated carbocycles. The number of nitrogens with zero attached hydrogens (tertiary/aromatic N) is 2. The molecule has 0 bridgehead atoms. The predicted molar refractivity (Wildman–Crippen MR) is 107 cm³/mol. The van der Waals surface area contributed by atoms with Gasteiger partial charge in [-0.1, -0.05) is 0 Å². The Morgan fingerprint density at radius 2 is 2.08 bits per heavy atom. The molecule has 1 saturated heterocycles. The lowest BCUT2D eigenvalue weighted by Gasteiger charge is -2.22. The maximum Gasteiger partial charge on any atom is 0.191 e. The van der Waals surface area contributed by atoms with Crippen LogP contribution in [0.3, 0.4) is 0 Å². The maximum absolute atomic E-state index is 12.9. The number of likely N-dealkylation sites (N-methyl/N-ethyl adjacent to an activating group) is 1. The first-order valence-corrected chi connectivity index (χ1v) is 8.15. The molecule has 24 heavy (non-hydrogen) atoms. The lowest BCUT2D eigenvalue weighted by molar-refractivity contribution is 0.223. The predicted octanol–water partition coefficient (Wildman–Crippen LogP) is 2.47. The molecule has 2 N–H and O–H groups in total. The average Bonchev–Trinajstić information content (AvgIpc) is 2.95. The summed E-state index contributed by atoms with van der Waals surface area (Å²) >= 11 is 0. The van der Waals surface area contributed by atoms with Crippen molar-refractivity contribution in [1.82, 2.24) is 15.5 Å². The van der Waals surface area contributed by atoms with Crippen molar-refractivity contribution >= 4 is 29.9 Å². The van der Waals surface area contributed by atoms with Gasteiger partial charge in [-0.25, -0.2) is 4.39 Å². The van der Waals surface area contributed by atoms with Crippen molar-refractivity contribution in [3.8, 4) is 5.75 Å². The van der Waals surface area contributed by atoms with Gasteiger partial charge in [0.05, 0.1) is 6.54 Å². The second kappa shape index (κ2) is 10.7. The van der Waals surface area contributed by atoms with Crippen LogP contribution >= 0.6 is 24.0 Å². The molecule has 136 valence electrons. The number of ether oxygens (including phenoxy) is 1. The summed E-state index contributed by atoms with van der Waals surface area (Å²) in [6.45, 7) is 4.65. The number of likely N-dealkylation sites (tertiary alicyclic amines) is 1. The van der Waals surface area contributed by atoms with Crippen LogP contribution in [-0.2, 0) is 0 Å². The van der Waals surface area contributed by atoms with E-state index in [2.05, 4.69) is 27.6 Å². The van der Waals surface area contributed by atoms with Crippen LogP contribution < -0.4 is 15.4 Å². The van der Waals surface area contributed by atoms with Gasteiger partial charge in [0, 0.05) is 19.6 Å². The van der Waals surface area contributed by atoms with Crippen LogP contribution in [0.15, 0.2) is 29.3 Å². The minimum absolute atomic E-state index is 0. The van der Waals surface area contributed by atoms with Gasteiger partial charge in [-0.05, 0) is 57.6 Å². The normalized spacial score (nSPS) is 19.5. The average molecular weight is 450 g/mol. The molecule has 1 aliphatic rings. The summed E-state index contributed by atoms with van der Waals surface area (Å²) in [6, 6.07) is 6.63. The molecule has 0 spiro atoms. The number of aliphatic imine (C=N–C) groups is 1. The molecule has 0 aliphatic carbocycles. The molecule has 0 radical (unpaired) electrons. The third kappa shape index (κ3) is 6.80. The van der Waals surface area contributed by atoms with Crippen LogP contribution in [0.2, 0.25) is 0 Å². The highest BCUT2D eigenvalue weighted by Gasteiger charge is 2.20. The van der Waals surface area contributed by atoms with Gasteiger partial charge in [-0.2, -0.15) is 0 Å². The molecule has 2 atom stereocenters. The number of halogens is 2. The number of hydrogen-bond donors (Lipinski definition) is 2. The zero-order chi connectivity index (χ0) is 16.7. The molecule has 0 amide bonds. The summed E-state index contributed by atoms with van der Waals surface area (Å²) in [7, 11) is 3.92. The maximum atomic E-state index is 12.9. The molecule has 7 heteroatoms. The lowest BCUT2D eigenvalue weighted by Crippen LogP contribution is -2.46. The van der Waals surface area contributed by atoms with Crippen LogP contribution in [0.4, 0.5) is 4.39 Å². The number of hydrogen-bond acceptors (Lipinski definition) is 3. The molecule has 1 heterocycles. The molecule has 5 nitrogen and oxygen atoms in total. The zero-order valence-corrected chi connectivity index (χ0v) is 16.9. The number of benzene rings is 1. The van der Waals surface area contributed by atoms with Crippen LogP contribution in [0.5, 0.6) is 5.75 Å². The summed E-state index contributed by atoms with van der Waals surface area (Å²) < 4.78 is 18.6. The molecule has 2 unspecified atom stereocenters. The standard InChI is InChI=1S/C17H27FN4O.HI/c1-13(23-16-8-6-14(18)7-9-16)11-20-17(19-2)21-12-15-5-4-10-22(15)3;/h6-9,13,15H,4-5,10-12H2,1-3H3,(H2,19,20,21);1H. The summed E-state index contributed by atoms with van der Waals surface area (Å²) in [4.78, 5) is 6.61. The highest BCUT2D eigenvalue weighted by molar-refractivity contribution is 14.0. The lowest BCUT2D eigenvalue weighted by atomic mass is 10.2. The van der Waals surface area contributed by atoms with E-state index in [1.807, 2.05) is 6.92 Å². The van der Waals surface area contributed by atoms with E-state index in [4.69, 9.17) is 4.74 Å². The first-order chi connectivity index (χ1) is 11.1. The second-order valence-electron chi connectivity index (χ2n) is 5.99. The van der Waals surface area contributed by atoms with E-state index in [0.717, 1.165) is 12.5 Å². The van der Waals surface area contributed by atoms with E-state index in [-0.39, 0.29) is 35.9 Å². The third-order valence-corrected chi connectivity index (χ3v) is 4.11. The molecular formula is C17H28FIN4O. The highest BCUT2D eigenvalue weighted by Crippen LogP contribution is 2.14. The molecule has 2 rings (SSSR count). The fraction of sp³-hybridized carbons (Fsp3) is 0.588. The van der Waals surface area contributed by atoms with Gasteiger partial charge in [-0.3, -0.25) is 4.99 Å². The molecule has 1 aromatic rings. The summed E-state index contributed by atoms with van der Waals surface area (Å²) in [5.41, 5.74) is 0. The van der Waals surface area contributed by atoms with E-state index in [1.54, 1.807) is 19.2 Å². The van der Waals surface area contributed by atoms with Gasteiger partial charge in [-0.15, -0.1) is 24.0 Å². The Balaban J connectivity index is 0.00000288. The first-order valence-electron chi connectivity index (χ1n) is 8.15. The molecule has 1 fully saturated rings. The van der Waals surface area contributed by atoms with Gasteiger partial charge in [0.25, 0.3) is 0 Å². The van der Waals surface area contributed by atoms with E-state index in [0.29, 0.717) is 18.3 Å². The Kier molecular flexibility index (Phi) is 9.35. The Hall–Kier alpha value is -1.09. The van der Waals surface area contributed by atoms with Crippen molar-refractivity contribution in [3.05, 3.63) is 30.1 Å². The second-order valence-corrected chi connectivity index (χ2v) is 5.99. The van der Waals surface area contributed by atoms with E-state index < -0.39 is 0 Å². The Bertz CT molecular complexity index is 512. The fourth-order valence-corrected chi connectivity index (χ4v) is 2.70. The van der Waals surface area contributed by atoms with Crippen molar-refractivity contribution in [3.63, 3.8) is 0 Å². The Morgan fingerprint density at radius 3 is 2.67 bits per heavy atom. The van der Waals surface area contributed by atoms with Crippen LogP contribution in [0, 0.1) is 5.82 Å². The first kappa shape index (κ1) is 21.0. The third-order valence-electron chi connectivity index (χ3n) is 4.11. The Labute approximate surface area is 161 Å². The van der Waals surface area contributed by atoms with E-state index >= 15 is 0 Å². The van der Waals surface area contributed by atoms with Crippen LogP contribution in [0.25, 0.3) is 0 Å². The van der Waals surface area contributed by atoms with Gasteiger partial charge in [0.1, 0.15) is 17.7 Å². The van der Waals surface area contributed by atoms with Crippen LogP contribution in [-0.4, -0.2) is 56.7 Å². The molecule has 0 aromatic heterocycles. The largest absolute Gasteiger partial charge is 0.489 e. The number of guanidine groups is 1. The fourth-order valence-electron chi connectivity index (χ4n) is 2.70. The summed E-state index contributed by atoms with van der Waals surface area (Å²) in [5.74, 6) is 1.18. The highest BCUT2D eigenvalue weighted by atomic mass is 127. The number of nitrogens with one attached hydrogen (secondary N) is 2. The SMILES string of the molecule is CN=C(NCC(C)Oc1ccc(F)cc1)NCC1CCCN1C.I. The summed E-state index contributed by atoms with van der Waals surface area (Å²) in [5, 5.41) is 6.62. The van der Waals surface area contributed by atoms with Gasteiger partial charge < -0.3 is 20.3 Å². The molecule has 1 aliphatic heterocycles. The summed E-state index contributed by atoms with van der Waals surface area (Å²) in [6.07, 6.45) is 2.44.